The predicted octanol–water partition coefficient (Wildman–Crippen LogP) is 22.6. The fourth-order valence-corrected chi connectivity index (χ4v) is 9.85. The van der Waals surface area contributed by atoms with Crippen LogP contribution in [-0.2, 0) is 0 Å². The van der Waals surface area contributed by atoms with Crippen LogP contribution in [-0.4, -0.2) is 31.4 Å². The molecule has 0 N–H and O–H groups in total. The van der Waals surface area contributed by atoms with E-state index in [1.165, 1.54) is 231 Å². The van der Waals surface area contributed by atoms with Gasteiger partial charge in [0.25, 0.3) is 0 Å². The van der Waals surface area contributed by atoms with Crippen molar-refractivity contribution in [2.75, 3.05) is 26.4 Å². The lowest BCUT2D eigenvalue weighted by Gasteiger charge is -2.12. The number of nitrogens with zero attached hydrogens (tertiary/aromatic N) is 1. The lowest BCUT2D eigenvalue weighted by molar-refractivity contribution is 0.289. The van der Waals surface area contributed by atoms with Crippen molar-refractivity contribution < 1.29 is 18.9 Å². The molecule has 3 aromatic rings. The number of aromatic nitrogens is 1. The molecule has 2 aromatic carbocycles. The molecule has 0 aliphatic rings. The molecule has 418 valence electrons. The molecular weight excluding hydrogens is 907 g/mol. The van der Waals surface area contributed by atoms with Gasteiger partial charge in [-0.05, 0) is 85.4 Å². The van der Waals surface area contributed by atoms with Gasteiger partial charge in [-0.1, -0.05) is 277 Å². The molecule has 5 nitrogen and oxygen atoms in total. The molecule has 0 aliphatic heterocycles. The maximum atomic E-state index is 6.39. The molecule has 5 heteroatoms. The third-order valence-corrected chi connectivity index (χ3v) is 14.6. The molecular formula is C69H113NO4. The zero-order chi connectivity index (χ0) is 52.5. The van der Waals surface area contributed by atoms with Crippen LogP contribution in [0, 0.1) is 0 Å². The van der Waals surface area contributed by atoms with Crippen molar-refractivity contribution in [2.45, 2.75) is 285 Å². The van der Waals surface area contributed by atoms with Gasteiger partial charge in [0, 0.05) is 12.1 Å². The maximum absolute atomic E-state index is 6.39. The van der Waals surface area contributed by atoms with Gasteiger partial charge in [-0.2, -0.15) is 0 Å². The number of benzene rings is 2. The van der Waals surface area contributed by atoms with Gasteiger partial charge in [0.1, 0.15) is 23.0 Å². The first-order valence-electron chi connectivity index (χ1n) is 31.8. The Bertz CT molecular complexity index is 1570. The van der Waals surface area contributed by atoms with Crippen LogP contribution in [0.2, 0.25) is 0 Å². The lowest BCUT2D eigenvalue weighted by Crippen LogP contribution is -2.01. The highest BCUT2D eigenvalue weighted by molar-refractivity contribution is 5.72. The van der Waals surface area contributed by atoms with E-state index in [-0.39, 0.29) is 0 Å². The number of pyridine rings is 1. The van der Waals surface area contributed by atoms with E-state index in [1.807, 2.05) is 0 Å². The van der Waals surface area contributed by atoms with E-state index >= 15 is 0 Å². The number of hydrogen-bond acceptors (Lipinski definition) is 5. The van der Waals surface area contributed by atoms with Crippen LogP contribution in [0.4, 0.5) is 0 Å². The van der Waals surface area contributed by atoms with Crippen molar-refractivity contribution >= 4 is 24.3 Å². The monoisotopic (exact) mass is 1020 g/mol. The van der Waals surface area contributed by atoms with Gasteiger partial charge in [0.2, 0.25) is 0 Å². The van der Waals surface area contributed by atoms with Gasteiger partial charge in [0.05, 0.1) is 37.8 Å². The molecule has 0 amide bonds. The highest BCUT2D eigenvalue weighted by Gasteiger charge is 2.07. The molecule has 0 spiro atoms. The highest BCUT2D eigenvalue weighted by atomic mass is 16.5. The van der Waals surface area contributed by atoms with E-state index in [2.05, 4.69) is 107 Å². The molecule has 74 heavy (non-hydrogen) atoms. The molecule has 0 saturated heterocycles. The normalized spacial score (nSPS) is 11.6. The number of rotatable bonds is 52. The summed E-state index contributed by atoms with van der Waals surface area (Å²) < 4.78 is 25.5. The molecule has 3 rings (SSSR count). The second kappa shape index (κ2) is 47.7. The van der Waals surface area contributed by atoms with Crippen LogP contribution in [0.5, 0.6) is 23.0 Å². The second-order valence-electron chi connectivity index (χ2n) is 21.8. The summed E-state index contributed by atoms with van der Waals surface area (Å²) in [7, 11) is 0. The minimum atomic E-state index is 0.735. The first-order valence-corrected chi connectivity index (χ1v) is 31.8. The van der Waals surface area contributed by atoms with E-state index in [1.54, 1.807) is 0 Å². The Kier molecular flexibility index (Phi) is 41.6. The maximum Gasteiger partial charge on any atom is 0.123 e. The Hall–Kier alpha value is -3.73. The van der Waals surface area contributed by atoms with Crippen LogP contribution in [0.1, 0.15) is 307 Å². The number of hydrogen-bond donors (Lipinski definition) is 0. The van der Waals surface area contributed by atoms with Crippen LogP contribution >= 0.6 is 0 Å². The van der Waals surface area contributed by atoms with E-state index in [9.17, 15) is 0 Å². The van der Waals surface area contributed by atoms with Gasteiger partial charge in [-0.25, -0.2) is 4.98 Å². The van der Waals surface area contributed by atoms with Crippen molar-refractivity contribution in [2.24, 2.45) is 0 Å². The lowest BCUT2D eigenvalue weighted by atomic mass is 10.1. The van der Waals surface area contributed by atoms with Crippen molar-refractivity contribution in [3.05, 3.63) is 77.1 Å². The summed E-state index contributed by atoms with van der Waals surface area (Å²) in [6, 6.07) is 19.0. The molecule has 0 saturated carbocycles. The smallest absolute Gasteiger partial charge is 0.123 e. The summed E-state index contributed by atoms with van der Waals surface area (Å²) in [5.74, 6) is 3.53. The van der Waals surface area contributed by atoms with E-state index in [4.69, 9.17) is 23.9 Å². The Balaban J connectivity index is 1.61. The standard InChI is InChI=1S/C69H113NO4/c1-5-9-13-17-21-25-29-33-37-41-52-71-66-56-62(57-67(60-66)72-53-42-38-34-30-26-22-18-14-10-6-2)48-50-64-46-45-47-65(70-64)51-49-63-58-68(73-54-43-39-35-31-27-23-19-15-11-7-3)61-69(59-63)74-55-44-40-36-32-28-24-20-16-12-8-4/h45-51,56-61H,5-44,52-55H2,1-4H3. The quantitative estimate of drug-likeness (QED) is 0.0528. The number of ether oxygens (including phenoxy) is 4. The molecule has 0 fully saturated rings. The zero-order valence-electron chi connectivity index (χ0n) is 48.7. The Morgan fingerprint density at radius 3 is 0.716 bits per heavy atom. The largest absolute Gasteiger partial charge is 0.493 e. The minimum Gasteiger partial charge on any atom is -0.493 e. The van der Waals surface area contributed by atoms with Crippen molar-refractivity contribution in [3.8, 4) is 23.0 Å². The summed E-state index contributed by atoms with van der Waals surface area (Å²) in [5, 5.41) is 0. The van der Waals surface area contributed by atoms with E-state index < -0.39 is 0 Å². The van der Waals surface area contributed by atoms with Crippen LogP contribution in [0.25, 0.3) is 24.3 Å². The zero-order valence-corrected chi connectivity index (χ0v) is 48.7. The third kappa shape index (κ3) is 36.3. The molecule has 1 heterocycles. The first-order chi connectivity index (χ1) is 36.6. The molecule has 0 radical (unpaired) electrons. The van der Waals surface area contributed by atoms with Crippen molar-refractivity contribution in [1.29, 1.82) is 0 Å². The van der Waals surface area contributed by atoms with E-state index in [0.29, 0.717) is 0 Å². The first kappa shape index (κ1) is 64.6. The number of unbranched alkanes of at least 4 members (excludes halogenated alkanes) is 36. The molecule has 0 aliphatic carbocycles. The summed E-state index contributed by atoms with van der Waals surface area (Å²) in [5.41, 5.74) is 3.94. The highest BCUT2D eigenvalue weighted by Crippen LogP contribution is 2.28. The fourth-order valence-electron chi connectivity index (χ4n) is 9.85. The van der Waals surface area contributed by atoms with Crippen LogP contribution in [0.3, 0.4) is 0 Å². The van der Waals surface area contributed by atoms with Gasteiger partial charge in [0.15, 0.2) is 0 Å². The van der Waals surface area contributed by atoms with E-state index in [0.717, 1.165) is 97.6 Å². The molecule has 1 aromatic heterocycles. The third-order valence-electron chi connectivity index (χ3n) is 14.6. The summed E-state index contributed by atoms with van der Waals surface area (Å²) >= 11 is 0. The van der Waals surface area contributed by atoms with Gasteiger partial charge in [-0.15, -0.1) is 0 Å². The predicted molar refractivity (Wildman–Crippen MR) is 324 cm³/mol. The topological polar surface area (TPSA) is 49.8 Å². The van der Waals surface area contributed by atoms with Gasteiger partial charge < -0.3 is 18.9 Å². The molecule has 0 atom stereocenters. The van der Waals surface area contributed by atoms with Gasteiger partial charge in [-0.3, -0.25) is 0 Å². The van der Waals surface area contributed by atoms with Gasteiger partial charge >= 0.3 is 0 Å². The van der Waals surface area contributed by atoms with Crippen LogP contribution < -0.4 is 18.9 Å². The Labute approximate surface area is 457 Å². The summed E-state index contributed by atoms with van der Waals surface area (Å²) in [6.45, 7) is 12.1. The average molecular weight is 1020 g/mol. The molecule has 0 unspecified atom stereocenters. The SMILES string of the molecule is CCCCCCCCCCCCOc1cc(C=Cc2cccc(C=Cc3cc(OCCCCCCCCCCCC)cc(OCCCCCCCCCCCC)c3)n2)cc(OCCCCCCCCCCCC)c1. The molecule has 0 bridgehead atoms. The average Bonchev–Trinajstić information content (AvgIpc) is 3.41. The summed E-state index contributed by atoms with van der Waals surface area (Å²) in [4.78, 5) is 5.03. The second-order valence-corrected chi connectivity index (χ2v) is 21.8. The van der Waals surface area contributed by atoms with Crippen LogP contribution in [0.15, 0.2) is 54.6 Å². The Morgan fingerprint density at radius 1 is 0.270 bits per heavy atom. The Morgan fingerprint density at radius 2 is 0.486 bits per heavy atom. The minimum absolute atomic E-state index is 0.735. The fraction of sp³-hybridized carbons (Fsp3) is 0.696. The summed E-state index contributed by atoms with van der Waals surface area (Å²) in [6.07, 6.45) is 61.2. The van der Waals surface area contributed by atoms with Crippen molar-refractivity contribution in [3.63, 3.8) is 0 Å². The van der Waals surface area contributed by atoms with Crippen molar-refractivity contribution in [1.82, 2.24) is 4.98 Å².